The molecule has 21 heavy (non-hydrogen) atoms. The van der Waals surface area contributed by atoms with E-state index in [1.54, 1.807) is 18.2 Å². The summed E-state index contributed by atoms with van der Waals surface area (Å²) in [5.41, 5.74) is 0.630. The van der Waals surface area contributed by atoms with Crippen LogP contribution in [0.1, 0.15) is 5.56 Å². The number of phenolic OH excluding ortho intramolecular Hbond substituents is 1. The Bertz CT molecular complexity index is 726. The second kappa shape index (κ2) is 6.14. The van der Waals surface area contributed by atoms with Crippen LogP contribution >= 0.6 is 24.0 Å². The van der Waals surface area contributed by atoms with Crippen LogP contribution in [0.2, 0.25) is 0 Å². The summed E-state index contributed by atoms with van der Waals surface area (Å²) in [6.07, 6.45) is 1.56. The highest BCUT2D eigenvalue weighted by Crippen LogP contribution is 2.32. The van der Waals surface area contributed by atoms with Crippen LogP contribution in [0.15, 0.2) is 29.2 Å². The van der Waals surface area contributed by atoms with Crippen molar-refractivity contribution in [3.63, 3.8) is 0 Å². The highest BCUT2D eigenvalue weighted by molar-refractivity contribution is 8.26. The zero-order valence-electron chi connectivity index (χ0n) is 10.6. The lowest BCUT2D eigenvalue weighted by Gasteiger charge is -2.12. The predicted octanol–water partition coefficient (Wildman–Crippen LogP) is 1.48. The summed E-state index contributed by atoms with van der Waals surface area (Å²) in [5, 5.41) is 9.38. The van der Waals surface area contributed by atoms with Crippen LogP contribution in [0.3, 0.4) is 0 Å². The van der Waals surface area contributed by atoms with E-state index in [9.17, 15) is 18.3 Å². The number of carbonyl (C=O) groups is 1. The minimum atomic E-state index is -4.16. The van der Waals surface area contributed by atoms with E-state index in [0.29, 0.717) is 10.5 Å². The first-order valence-corrected chi connectivity index (χ1v) is 8.59. The number of carbonyl (C=O) groups excluding carboxylic acids is 1. The Morgan fingerprint density at radius 3 is 2.71 bits per heavy atom. The van der Waals surface area contributed by atoms with E-state index in [1.807, 2.05) is 0 Å². The third-order valence-corrected chi connectivity index (χ3v) is 4.69. The first-order valence-electron chi connectivity index (χ1n) is 5.76. The average Bonchev–Trinajstić information content (AvgIpc) is 2.61. The predicted molar refractivity (Wildman–Crippen MR) is 84.4 cm³/mol. The van der Waals surface area contributed by atoms with Crippen LogP contribution in [0.4, 0.5) is 0 Å². The van der Waals surface area contributed by atoms with Crippen molar-refractivity contribution in [1.82, 2.24) is 4.90 Å². The lowest BCUT2D eigenvalue weighted by molar-refractivity contribution is -0.121. The summed E-state index contributed by atoms with van der Waals surface area (Å²) in [7, 11) is -4.16. The van der Waals surface area contributed by atoms with Gasteiger partial charge in [-0.25, -0.2) is 0 Å². The van der Waals surface area contributed by atoms with Crippen LogP contribution in [0, 0.1) is 0 Å². The monoisotopic (exact) mass is 345 g/mol. The van der Waals surface area contributed by atoms with Crippen molar-refractivity contribution in [3.8, 4) is 5.75 Å². The molecule has 1 fully saturated rings. The van der Waals surface area contributed by atoms with Crippen LogP contribution in [0.5, 0.6) is 5.75 Å². The zero-order valence-corrected chi connectivity index (χ0v) is 13.0. The summed E-state index contributed by atoms with van der Waals surface area (Å²) < 4.78 is 30.4. The van der Waals surface area contributed by atoms with Crippen molar-refractivity contribution >= 4 is 50.4 Å². The molecule has 112 valence electrons. The molecular weight excluding hydrogens is 334 g/mol. The Balaban J connectivity index is 2.18. The molecule has 0 radical (unpaired) electrons. The SMILES string of the molecule is O=C1/C(=C/c2cccc(O)c2)SC(=S)N1CCS(=O)(=O)O. The van der Waals surface area contributed by atoms with Gasteiger partial charge in [-0.2, -0.15) is 8.42 Å². The standard InChI is InChI=1S/C12H11NO5S3/c14-9-3-1-2-8(6-9)7-10-11(15)13(12(19)20-10)4-5-21(16,17)18/h1-3,6-7,14H,4-5H2,(H,16,17,18)/b10-7-. The number of benzene rings is 1. The topological polar surface area (TPSA) is 94.9 Å². The largest absolute Gasteiger partial charge is 0.508 e. The Labute approximate surface area is 131 Å². The Morgan fingerprint density at radius 2 is 2.10 bits per heavy atom. The third-order valence-electron chi connectivity index (χ3n) is 2.61. The van der Waals surface area contributed by atoms with Gasteiger partial charge in [0.1, 0.15) is 10.1 Å². The van der Waals surface area contributed by atoms with E-state index in [4.69, 9.17) is 16.8 Å². The Hall–Kier alpha value is -1.42. The second-order valence-electron chi connectivity index (χ2n) is 4.21. The maximum absolute atomic E-state index is 12.1. The van der Waals surface area contributed by atoms with Crippen molar-refractivity contribution in [1.29, 1.82) is 0 Å². The van der Waals surface area contributed by atoms with Crippen LogP contribution in [-0.4, -0.2) is 45.5 Å². The summed E-state index contributed by atoms with van der Waals surface area (Å²) >= 11 is 6.07. The van der Waals surface area contributed by atoms with Crippen molar-refractivity contribution < 1.29 is 22.9 Å². The summed E-state index contributed by atoms with van der Waals surface area (Å²) in [5.74, 6) is -0.915. The third kappa shape index (κ3) is 4.27. The number of hydrogen-bond acceptors (Lipinski definition) is 6. The maximum Gasteiger partial charge on any atom is 0.266 e. The number of thioether (sulfide) groups is 1. The molecule has 1 aliphatic rings. The van der Waals surface area contributed by atoms with E-state index in [1.165, 1.54) is 12.1 Å². The number of nitrogens with zero attached hydrogens (tertiary/aromatic N) is 1. The summed E-state index contributed by atoms with van der Waals surface area (Å²) in [4.78, 5) is 13.6. The molecular formula is C12H11NO5S3. The molecule has 1 saturated heterocycles. The fourth-order valence-corrected chi connectivity index (χ4v) is 3.39. The molecule has 1 aliphatic heterocycles. The molecule has 1 aromatic carbocycles. The maximum atomic E-state index is 12.1. The van der Waals surface area contributed by atoms with Gasteiger partial charge in [-0.15, -0.1) is 0 Å². The molecule has 2 N–H and O–H groups in total. The van der Waals surface area contributed by atoms with Gasteiger partial charge in [-0.1, -0.05) is 36.1 Å². The lowest BCUT2D eigenvalue weighted by atomic mass is 10.2. The van der Waals surface area contributed by atoms with Gasteiger partial charge in [0.15, 0.2) is 0 Å². The Morgan fingerprint density at radius 1 is 1.38 bits per heavy atom. The van der Waals surface area contributed by atoms with Crippen LogP contribution in [0.25, 0.3) is 6.08 Å². The number of phenols is 1. The number of hydrogen-bond donors (Lipinski definition) is 2. The normalized spacial score (nSPS) is 17.8. The van der Waals surface area contributed by atoms with Gasteiger partial charge in [-0.05, 0) is 23.8 Å². The lowest BCUT2D eigenvalue weighted by Crippen LogP contribution is -2.32. The molecule has 1 amide bonds. The number of thiocarbonyl (C=S) groups is 1. The van der Waals surface area contributed by atoms with Crippen molar-refractivity contribution in [2.75, 3.05) is 12.3 Å². The molecule has 0 bridgehead atoms. The van der Waals surface area contributed by atoms with Gasteiger partial charge in [0.25, 0.3) is 16.0 Å². The number of amides is 1. The van der Waals surface area contributed by atoms with Crippen molar-refractivity contribution in [3.05, 3.63) is 34.7 Å². The number of aromatic hydroxyl groups is 1. The minimum absolute atomic E-state index is 0.0746. The molecule has 0 saturated carbocycles. The molecule has 0 aliphatic carbocycles. The van der Waals surface area contributed by atoms with Crippen LogP contribution < -0.4 is 0 Å². The van der Waals surface area contributed by atoms with Crippen LogP contribution in [-0.2, 0) is 14.9 Å². The molecule has 9 heteroatoms. The van der Waals surface area contributed by atoms with Crippen molar-refractivity contribution in [2.24, 2.45) is 0 Å². The van der Waals surface area contributed by atoms with Gasteiger partial charge < -0.3 is 5.11 Å². The molecule has 1 aromatic rings. The molecule has 1 heterocycles. The fourth-order valence-electron chi connectivity index (χ4n) is 1.67. The van der Waals surface area contributed by atoms with Gasteiger partial charge in [0.05, 0.1) is 10.7 Å². The number of rotatable bonds is 4. The highest BCUT2D eigenvalue weighted by Gasteiger charge is 2.32. The molecule has 2 rings (SSSR count). The molecule has 6 nitrogen and oxygen atoms in total. The summed E-state index contributed by atoms with van der Waals surface area (Å²) in [6, 6.07) is 6.35. The fraction of sp³-hybridized carbons (Fsp3) is 0.167. The van der Waals surface area contributed by atoms with Gasteiger partial charge in [0, 0.05) is 6.54 Å². The first-order chi connectivity index (χ1) is 9.76. The summed E-state index contributed by atoms with van der Waals surface area (Å²) in [6.45, 7) is -0.194. The van der Waals surface area contributed by atoms with E-state index in [-0.39, 0.29) is 16.6 Å². The van der Waals surface area contributed by atoms with E-state index >= 15 is 0 Å². The minimum Gasteiger partial charge on any atom is -0.508 e. The van der Waals surface area contributed by atoms with Gasteiger partial charge in [0.2, 0.25) is 0 Å². The van der Waals surface area contributed by atoms with E-state index < -0.39 is 21.8 Å². The van der Waals surface area contributed by atoms with Crippen molar-refractivity contribution in [2.45, 2.75) is 0 Å². The molecule has 0 atom stereocenters. The molecule has 0 aromatic heterocycles. The van der Waals surface area contributed by atoms with Gasteiger partial charge in [-0.3, -0.25) is 14.2 Å². The smallest absolute Gasteiger partial charge is 0.266 e. The van der Waals surface area contributed by atoms with E-state index in [2.05, 4.69) is 0 Å². The van der Waals surface area contributed by atoms with Gasteiger partial charge >= 0.3 is 0 Å². The second-order valence-corrected chi connectivity index (χ2v) is 7.46. The average molecular weight is 345 g/mol. The quantitative estimate of drug-likeness (QED) is 0.485. The highest BCUT2D eigenvalue weighted by atomic mass is 32.2. The molecule has 0 unspecified atom stereocenters. The first kappa shape index (κ1) is 16.0. The Kier molecular flexibility index (Phi) is 4.67. The zero-order chi connectivity index (χ0) is 15.6. The van der Waals surface area contributed by atoms with E-state index in [0.717, 1.165) is 16.7 Å². The molecule has 0 spiro atoms.